The van der Waals surface area contributed by atoms with E-state index in [1.807, 2.05) is 6.26 Å². The molecule has 0 aromatic heterocycles. The van der Waals surface area contributed by atoms with E-state index in [1.165, 1.54) is 7.11 Å². The molecule has 0 rings (SSSR count). The zero-order chi connectivity index (χ0) is 8.20. The van der Waals surface area contributed by atoms with Gasteiger partial charge in [0.1, 0.15) is 0 Å². The van der Waals surface area contributed by atoms with Gasteiger partial charge in [-0.3, -0.25) is 0 Å². The maximum atomic E-state index is 10.7. The molecule has 10 heavy (non-hydrogen) atoms. The number of esters is 1. The molecule has 0 aliphatic carbocycles. The van der Waals surface area contributed by atoms with E-state index in [2.05, 4.69) is 17.1 Å². The molecular formula is C5H11O2S2U. The molecule has 0 saturated carbocycles. The van der Waals surface area contributed by atoms with Crippen molar-refractivity contribution in [1.82, 2.24) is 0 Å². The fraction of sp³-hybridized carbons (Fsp3) is 0.600. The third-order valence-corrected chi connectivity index (χ3v) is 22.8. The van der Waals surface area contributed by atoms with Crippen LogP contribution in [-0.4, -0.2) is 22.4 Å². The molecule has 0 heterocycles. The van der Waals surface area contributed by atoms with E-state index in [4.69, 9.17) is 0 Å². The number of methoxy groups -OCH3 is 1. The van der Waals surface area contributed by atoms with Gasteiger partial charge in [0.05, 0.1) is 0 Å². The average molecular weight is 405 g/mol. The summed E-state index contributed by atoms with van der Waals surface area (Å²) in [7, 11) is 7.51. The van der Waals surface area contributed by atoms with E-state index in [1.54, 1.807) is 10.6 Å². The van der Waals surface area contributed by atoms with E-state index in [0.29, 0.717) is 0 Å². The Morgan fingerprint density at radius 2 is 2.30 bits per heavy atom. The first-order chi connectivity index (χ1) is 4.52. The minimum atomic E-state index is -2.62. The standard InChI is InChI=1S/C3H4O2.CH4S.CH3.H2S.U/c1-3(4)5-2;1-2;;;/h1H,2H3;2H,1H3;1H3;1H2;/q;;;;+2/p-2. The van der Waals surface area contributed by atoms with Crippen molar-refractivity contribution >= 4 is 25.0 Å². The van der Waals surface area contributed by atoms with Crippen LogP contribution in [0.4, 0.5) is 0 Å². The molecule has 0 aliphatic rings. The first-order valence-corrected chi connectivity index (χ1v) is 21.7. The third-order valence-electron chi connectivity index (χ3n) is 1.00. The Morgan fingerprint density at radius 1 is 1.80 bits per heavy atom. The van der Waals surface area contributed by atoms with Gasteiger partial charge >= 0.3 is 72.5 Å². The number of carbonyl (C=O) groups excluding carboxylic acids is 1. The first-order valence-electron chi connectivity index (χ1n) is 2.73. The third kappa shape index (κ3) is 4.84. The molecule has 0 aromatic carbocycles. The average Bonchev–Trinajstić information content (AvgIpc) is 1.87. The molecule has 1 atom stereocenters. The second-order valence-electron chi connectivity index (χ2n) is 1.93. The Bertz CT molecular complexity index is 172. The maximum absolute atomic E-state index is 10.7. The Kier molecular flexibility index (Phi) is 5.40. The van der Waals surface area contributed by atoms with Gasteiger partial charge in [0.25, 0.3) is 0 Å². The number of hydrogen-bond donors (Lipinski definition) is 1. The predicted molar refractivity (Wildman–Crippen MR) is 46.4 cm³/mol. The van der Waals surface area contributed by atoms with Crippen molar-refractivity contribution in [2.75, 3.05) is 13.4 Å². The van der Waals surface area contributed by atoms with Crippen molar-refractivity contribution in [2.24, 2.45) is 0 Å². The molecule has 5 heteroatoms. The zero-order valence-electron chi connectivity index (χ0n) is 6.25. The van der Waals surface area contributed by atoms with Crippen LogP contribution in [0.5, 0.6) is 0 Å². The summed E-state index contributed by atoms with van der Waals surface area (Å²) in [4.78, 5) is 10.7. The molecule has 0 radical (unpaired) electrons. The van der Waals surface area contributed by atoms with Gasteiger partial charge in [-0.2, -0.15) is 0 Å². The van der Waals surface area contributed by atoms with Gasteiger partial charge in [0, 0.05) is 0 Å². The molecule has 59 valence electrons. The van der Waals surface area contributed by atoms with Gasteiger partial charge in [-0.1, -0.05) is 0 Å². The molecule has 0 bridgehead atoms. The van der Waals surface area contributed by atoms with E-state index < -0.39 is 20.6 Å². The van der Waals surface area contributed by atoms with Crippen LogP contribution in [-0.2, 0) is 9.53 Å². The first kappa shape index (κ1) is 11.1. The number of rotatable bonds is 2. The SMILES string of the molecule is COC(=O)[CH]=[U]([CH3])([SH])[S]C. The molecule has 0 fully saturated rings. The summed E-state index contributed by atoms with van der Waals surface area (Å²) in [5, 5.41) is 0. The topological polar surface area (TPSA) is 26.3 Å². The van der Waals surface area contributed by atoms with E-state index in [-0.39, 0.29) is 5.97 Å². The van der Waals surface area contributed by atoms with Crippen molar-refractivity contribution in [3.63, 3.8) is 0 Å². The van der Waals surface area contributed by atoms with Gasteiger partial charge in [-0.15, -0.1) is 0 Å². The van der Waals surface area contributed by atoms with Crippen molar-refractivity contribution in [3.05, 3.63) is 0 Å². The van der Waals surface area contributed by atoms with Crippen molar-refractivity contribution in [1.29, 1.82) is 0 Å². The van der Waals surface area contributed by atoms with Crippen LogP contribution < -0.4 is 0 Å². The van der Waals surface area contributed by atoms with Gasteiger partial charge in [-0.05, 0) is 0 Å². The van der Waals surface area contributed by atoms with Gasteiger partial charge in [0.2, 0.25) is 0 Å². The van der Waals surface area contributed by atoms with Gasteiger partial charge < -0.3 is 0 Å². The van der Waals surface area contributed by atoms with E-state index in [0.717, 1.165) is 0 Å². The summed E-state index contributed by atoms with van der Waals surface area (Å²) >= 11 is -2.62. The fourth-order valence-corrected chi connectivity index (χ4v) is 6.12. The number of thiol groups is 1. The second kappa shape index (κ2) is 4.87. The Balaban J connectivity index is 4.27. The molecule has 0 spiro atoms. The summed E-state index contributed by atoms with van der Waals surface area (Å²) < 4.78 is 8.21. The number of carbonyl (C=O) groups is 1. The molecule has 0 N–H and O–H groups in total. The number of ether oxygens (including phenoxy) is 1. The molecule has 0 aliphatic heterocycles. The van der Waals surface area contributed by atoms with Gasteiger partial charge in [-0.25, -0.2) is 0 Å². The summed E-state index contributed by atoms with van der Waals surface area (Å²) in [6.45, 7) is 0. The normalized spacial score (nSPS) is 15.6. The molecule has 2 nitrogen and oxygen atoms in total. The zero-order valence-corrected chi connectivity index (χ0v) is 12.1. The minimum absolute atomic E-state index is 0.239. The molecule has 0 saturated heterocycles. The van der Waals surface area contributed by atoms with E-state index in [9.17, 15) is 4.79 Å². The summed E-state index contributed by atoms with van der Waals surface area (Å²) in [5.41, 5.74) is 0. The summed E-state index contributed by atoms with van der Waals surface area (Å²) in [6, 6.07) is 0. The van der Waals surface area contributed by atoms with E-state index >= 15 is 0 Å². The van der Waals surface area contributed by atoms with Crippen molar-refractivity contribution < 1.29 is 30.1 Å². The molecule has 0 amide bonds. The molecule has 0 aromatic rings. The van der Waals surface area contributed by atoms with Gasteiger partial charge in [0.15, 0.2) is 0 Å². The van der Waals surface area contributed by atoms with Crippen LogP contribution in [0.25, 0.3) is 0 Å². The fourth-order valence-electron chi connectivity index (χ4n) is 0.337. The molecule has 1 unspecified atom stereocenters. The Labute approximate surface area is 71.7 Å². The quantitative estimate of drug-likeness (QED) is 0.554. The second-order valence-corrected chi connectivity index (χ2v) is 36.8. The van der Waals surface area contributed by atoms with Crippen LogP contribution in [0.3, 0.4) is 0 Å². The monoisotopic (exact) mass is 405 g/mol. The summed E-state index contributed by atoms with van der Waals surface area (Å²) in [5.74, 6) is -0.239. The molecular weight excluding hydrogens is 394 g/mol. The van der Waals surface area contributed by atoms with Crippen LogP contribution in [0, 0.1) is 20.6 Å². The Morgan fingerprint density at radius 3 is 2.60 bits per heavy atom. The van der Waals surface area contributed by atoms with Crippen molar-refractivity contribution in [3.8, 4) is 0 Å². The predicted octanol–water partition coefficient (Wildman–Crippen LogP) is 1.29. The number of hydrogen-bond acceptors (Lipinski definition) is 4. The summed E-state index contributed by atoms with van der Waals surface area (Å²) in [6.07, 6.45) is 1.98. The van der Waals surface area contributed by atoms with Crippen molar-refractivity contribution in [2.45, 2.75) is 3.96 Å². The Hall–Kier alpha value is 1.09. The van der Waals surface area contributed by atoms with Crippen LogP contribution >= 0.6 is 16.0 Å². The van der Waals surface area contributed by atoms with Crippen LogP contribution in [0.15, 0.2) is 0 Å². The van der Waals surface area contributed by atoms with Crippen LogP contribution in [0.1, 0.15) is 0 Å². The van der Waals surface area contributed by atoms with Crippen LogP contribution in [0.2, 0.25) is 3.96 Å².